The highest BCUT2D eigenvalue weighted by Gasteiger charge is 2.14. The van der Waals surface area contributed by atoms with E-state index in [-0.39, 0.29) is 6.54 Å². The average molecular weight is 271 g/mol. The molecule has 20 heavy (non-hydrogen) atoms. The molecule has 3 nitrogen and oxygen atoms in total. The Hall–Kier alpha value is -2.21. The first-order valence-electron chi connectivity index (χ1n) is 6.49. The van der Waals surface area contributed by atoms with Crippen LogP contribution < -0.4 is 5.32 Å². The molecular weight excluding hydrogens is 250 g/mol. The second-order valence-corrected chi connectivity index (χ2v) is 5.51. The molecule has 0 radical (unpaired) electrons. The fraction of sp³-hybridized carbons (Fsp3) is 0.353. The fourth-order valence-corrected chi connectivity index (χ4v) is 1.41. The molecule has 0 heterocycles. The summed E-state index contributed by atoms with van der Waals surface area (Å²) in [5, 5.41) is 2.59. The van der Waals surface area contributed by atoms with Crippen molar-refractivity contribution in [1.82, 2.24) is 5.32 Å². The van der Waals surface area contributed by atoms with Crippen LogP contribution in [0, 0.1) is 11.8 Å². The molecule has 0 fully saturated rings. The number of hydrogen-bond donors (Lipinski definition) is 1. The molecule has 0 aromatic heterocycles. The van der Waals surface area contributed by atoms with E-state index >= 15 is 0 Å². The standard InChI is InChI=1S/C17H21NO2/c1-13(2)15-10-8-14(9-11-15)7-6-12-18-16(19)20-17(3,4)5/h8-11H,1,12H2,2-5H3,(H,18,19). The van der Waals surface area contributed by atoms with Crippen molar-refractivity contribution in [3.05, 3.63) is 42.0 Å². The van der Waals surface area contributed by atoms with Crippen LogP contribution in [0.2, 0.25) is 0 Å². The van der Waals surface area contributed by atoms with E-state index in [1.54, 1.807) is 0 Å². The van der Waals surface area contributed by atoms with Crippen molar-refractivity contribution in [2.75, 3.05) is 6.54 Å². The summed E-state index contributed by atoms with van der Waals surface area (Å²) in [6, 6.07) is 7.83. The van der Waals surface area contributed by atoms with Crippen molar-refractivity contribution < 1.29 is 9.53 Å². The zero-order valence-corrected chi connectivity index (χ0v) is 12.5. The second kappa shape index (κ2) is 6.81. The van der Waals surface area contributed by atoms with Crippen LogP contribution >= 0.6 is 0 Å². The van der Waals surface area contributed by atoms with E-state index < -0.39 is 11.7 Å². The summed E-state index contributed by atoms with van der Waals surface area (Å²) in [5.74, 6) is 5.86. The lowest BCUT2D eigenvalue weighted by molar-refractivity contribution is 0.0535. The number of benzene rings is 1. The number of rotatable bonds is 2. The summed E-state index contributed by atoms with van der Waals surface area (Å²) in [5.41, 5.74) is 2.54. The Morgan fingerprint density at radius 2 is 1.90 bits per heavy atom. The van der Waals surface area contributed by atoms with Crippen molar-refractivity contribution in [3.8, 4) is 11.8 Å². The number of hydrogen-bond acceptors (Lipinski definition) is 2. The van der Waals surface area contributed by atoms with Crippen LogP contribution in [0.5, 0.6) is 0 Å². The van der Waals surface area contributed by atoms with E-state index in [4.69, 9.17) is 4.74 Å². The van der Waals surface area contributed by atoms with Gasteiger partial charge >= 0.3 is 6.09 Å². The quantitative estimate of drug-likeness (QED) is 0.835. The molecule has 3 heteroatoms. The molecule has 1 aromatic carbocycles. The van der Waals surface area contributed by atoms with Gasteiger partial charge in [0.1, 0.15) is 5.60 Å². The largest absolute Gasteiger partial charge is 0.444 e. The number of ether oxygens (including phenoxy) is 1. The highest BCUT2D eigenvalue weighted by Crippen LogP contribution is 2.11. The van der Waals surface area contributed by atoms with E-state index in [0.717, 1.165) is 16.7 Å². The normalized spacial score (nSPS) is 10.2. The van der Waals surface area contributed by atoms with Gasteiger partial charge in [0.05, 0.1) is 6.54 Å². The molecule has 0 spiro atoms. The predicted molar refractivity (Wildman–Crippen MR) is 82.3 cm³/mol. The molecule has 0 unspecified atom stereocenters. The second-order valence-electron chi connectivity index (χ2n) is 5.51. The van der Waals surface area contributed by atoms with Gasteiger partial charge in [-0.3, -0.25) is 0 Å². The smallest absolute Gasteiger partial charge is 0.408 e. The van der Waals surface area contributed by atoms with Gasteiger partial charge < -0.3 is 10.1 Å². The molecule has 1 amide bonds. The van der Waals surface area contributed by atoms with E-state index in [1.165, 1.54) is 0 Å². The molecule has 0 aliphatic carbocycles. The first-order valence-corrected chi connectivity index (χ1v) is 6.49. The molecule has 0 aliphatic rings. The SMILES string of the molecule is C=C(C)c1ccc(C#CCNC(=O)OC(C)(C)C)cc1. The maximum atomic E-state index is 11.4. The van der Waals surface area contributed by atoms with Crippen LogP contribution in [-0.4, -0.2) is 18.2 Å². The van der Waals surface area contributed by atoms with Gasteiger partial charge in [0, 0.05) is 5.56 Å². The third kappa shape index (κ3) is 6.10. The van der Waals surface area contributed by atoms with E-state index in [1.807, 2.05) is 52.0 Å². The lowest BCUT2D eigenvalue weighted by atomic mass is 10.1. The Bertz CT molecular complexity index is 539. The lowest BCUT2D eigenvalue weighted by Crippen LogP contribution is -2.32. The third-order valence-corrected chi connectivity index (χ3v) is 2.33. The lowest BCUT2D eigenvalue weighted by Gasteiger charge is -2.18. The van der Waals surface area contributed by atoms with E-state index in [2.05, 4.69) is 23.7 Å². The fourth-order valence-electron chi connectivity index (χ4n) is 1.41. The van der Waals surface area contributed by atoms with Gasteiger partial charge in [0.15, 0.2) is 0 Å². The van der Waals surface area contributed by atoms with Gasteiger partial charge in [0.2, 0.25) is 0 Å². The van der Waals surface area contributed by atoms with E-state index in [0.29, 0.717) is 0 Å². The van der Waals surface area contributed by atoms with Crippen molar-refractivity contribution in [3.63, 3.8) is 0 Å². The van der Waals surface area contributed by atoms with Gasteiger partial charge in [-0.1, -0.05) is 36.1 Å². The minimum Gasteiger partial charge on any atom is -0.444 e. The number of carbonyl (C=O) groups is 1. The molecular formula is C17H21NO2. The van der Waals surface area contributed by atoms with Crippen LogP contribution in [0.3, 0.4) is 0 Å². The Labute approximate surface area is 121 Å². The van der Waals surface area contributed by atoms with Gasteiger partial charge in [-0.05, 0) is 45.4 Å². The van der Waals surface area contributed by atoms with Crippen LogP contribution in [0.15, 0.2) is 30.8 Å². The summed E-state index contributed by atoms with van der Waals surface area (Å²) >= 11 is 0. The summed E-state index contributed by atoms with van der Waals surface area (Å²) < 4.78 is 5.10. The highest BCUT2D eigenvalue weighted by atomic mass is 16.6. The Kier molecular flexibility index (Phi) is 5.40. The first kappa shape index (κ1) is 15.8. The minimum atomic E-state index is -0.490. The molecule has 1 rings (SSSR count). The monoisotopic (exact) mass is 271 g/mol. The maximum absolute atomic E-state index is 11.4. The van der Waals surface area contributed by atoms with Crippen molar-refractivity contribution in [1.29, 1.82) is 0 Å². The number of allylic oxidation sites excluding steroid dienone is 1. The highest BCUT2D eigenvalue weighted by molar-refractivity contribution is 5.68. The molecule has 106 valence electrons. The predicted octanol–water partition coefficient (Wildman–Crippen LogP) is 3.60. The number of alkyl carbamates (subject to hydrolysis) is 1. The number of carbonyl (C=O) groups excluding carboxylic acids is 1. The minimum absolute atomic E-state index is 0.261. The topological polar surface area (TPSA) is 38.3 Å². The van der Waals surface area contributed by atoms with E-state index in [9.17, 15) is 4.79 Å². The number of nitrogens with one attached hydrogen (secondary N) is 1. The molecule has 1 aromatic rings. The first-order chi connectivity index (χ1) is 9.28. The zero-order chi connectivity index (χ0) is 15.2. The summed E-state index contributed by atoms with van der Waals surface area (Å²) in [6.07, 6.45) is -0.454. The summed E-state index contributed by atoms with van der Waals surface area (Å²) in [7, 11) is 0. The summed E-state index contributed by atoms with van der Waals surface area (Å²) in [4.78, 5) is 11.4. The molecule has 1 N–H and O–H groups in total. The third-order valence-electron chi connectivity index (χ3n) is 2.33. The van der Waals surface area contributed by atoms with Crippen LogP contribution in [0.4, 0.5) is 4.79 Å². The molecule has 0 saturated carbocycles. The van der Waals surface area contributed by atoms with Gasteiger partial charge in [-0.15, -0.1) is 0 Å². The van der Waals surface area contributed by atoms with Gasteiger partial charge in [-0.25, -0.2) is 4.79 Å². The Morgan fingerprint density at radius 1 is 1.30 bits per heavy atom. The van der Waals surface area contributed by atoms with Crippen LogP contribution in [-0.2, 0) is 4.74 Å². The molecule has 0 aliphatic heterocycles. The molecule has 0 atom stereocenters. The average Bonchev–Trinajstić information content (AvgIpc) is 2.33. The van der Waals surface area contributed by atoms with Gasteiger partial charge in [-0.2, -0.15) is 0 Å². The maximum Gasteiger partial charge on any atom is 0.408 e. The molecule has 0 saturated heterocycles. The van der Waals surface area contributed by atoms with Crippen molar-refractivity contribution in [2.45, 2.75) is 33.3 Å². The van der Waals surface area contributed by atoms with Crippen LogP contribution in [0.25, 0.3) is 5.57 Å². The van der Waals surface area contributed by atoms with Crippen LogP contribution in [0.1, 0.15) is 38.8 Å². The molecule has 0 bridgehead atoms. The zero-order valence-electron chi connectivity index (χ0n) is 12.5. The Morgan fingerprint density at radius 3 is 2.40 bits per heavy atom. The van der Waals surface area contributed by atoms with Gasteiger partial charge in [0.25, 0.3) is 0 Å². The van der Waals surface area contributed by atoms with Crippen molar-refractivity contribution >= 4 is 11.7 Å². The Balaban J connectivity index is 2.47. The summed E-state index contributed by atoms with van der Waals surface area (Å²) in [6.45, 7) is 11.6. The number of amides is 1. The van der Waals surface area contributed by atoms with Crippen molar-refractivity contribution in [2.24, 2.45) is 0 Å².